The van der Waals surface area contributed by atoms with Crippen molar-refractivity contribution >= 4 is 5.82 Å². The zero-order valence-corrected chi connectivity index (χ0v) is 13.9. The van der Waals surface area contributed by atoms with Crippen LogP contribution in [0.1, 0.15) is 17.7 Å². The molecule has 0 aliphatic carbocycles. The Hall–Kier alpha value is -2.05. The van der Waals surface area contributed by atoms with Gasteiger partial charge < -0.3 is 15.0 Å². The lowest BCUT2D eigenvalue weighted by molar-refractivity contribution is 0.152. The zero-order chi connectivity index (χ0) is 16.2. The lowest BCUT2D eigenvalue weighted by Gasteiger charge is -2.25. The van der Waals surface area contributed by atoms with E-state index < -0.39 is 0 Å². The largest absolute Gasteiger partial charge is 0.380 e. The van der Waals surface area contributed by atoms with Gasteiger partial charge in [-0.15, -0.1) is 0 Å². The quantitative estimate of drug-likeness (QED) is 0.902. The van der Waals surface area contributed by atoms with E-state index in [2.05, 4.69) is 15.2 Å². The smallest absolute Gasteiger partial charge is 0.161 e. The van der Waals surface area contributed by atoms with Crippen LogP contribution in [0.25, 0.3) is 11.4 Å². The Labute approximate surface area is 142 Å². The van der Waals surface area contributed by atoms with Crippen LogP contribution in [-0.4, -0.2) is 54.3 Å². The highest BCUT2D eigenvalue weighted by atomic mass is 16.5. The number of pyridine rings is 1. The van der Waals surface area contributed by atoms with Crippen LogP contribution in [0.15, 0.2) is 24.5 Å². The molecule has 6 nitrogen and oxygen atoms in total. The molecule has 0 bridgehead atoms. The van der Waals surface area contributed by atoms with Gasteiger partial charge in [-0.05, 0) is 31.5 Å². The standard InChI is InChI=1S/C18H23N5O/c1-10-23(11-13-24-12-1)18-15-4-8-20-9-5-16(15)21-17(22-18)14-2-6-19-7-3-14/h2-3,6-7,20H,1,4-5,8-13H2. The van der Waals surface area contributed by atoms with E-state index in [-0.39, 0.29) is 0 Å². The molecule has 1 saturated heterocycles. The molecule has 1 N–H and O–H groups in total. The number of nitrogens with one attached hydrogen (secondary N) is 1. The van der Waals surface area contributed by atoms with Gasteiger partial charge in [-0.25, -0.2) is 9.97 Å². The molecule has 2 aliphatic heterocycles. The molecule has 0 saturated carbocycles. The topological polar surface area (TPSA) is 63.2 Å². The maximum Gasteiger partial charge on any atom is 0.161 e. The highest BCUT2D eigenvalue weighted by molar-refractivity contribution is 5.60. The Morgan fingerprint density at radius 3 is 2.79 bits per heavy atom. The van der Waals surface area contributed by atoms with Crippen LogP contribution in [0.5, 0.6) is 0 Å². The molecule has 4 rings (SSSR count). The molecule has 0 unspecified atom stereocenters. The van der Waals surface area contributed by atoms with Gasteiger partial charge in [0.1, 0.15) is 5.82 Å². The van der Waals surface area contributed by atoms with Crippen molar-refractivity contribution in [3.63, 3.8) is 0 Å². The van der Waals surface area contributed by atoms with Crippen molar-refractivity contribution < 1.29 is 4.74 Å². The summed E-state index contributed by atoms with van der Waals surface area (Å²) in [5.74, 6) is 1.90. The molecule has 126 valence electrons. The normalized spacial score (nSPS) is 18.6. The Balaban J connectivity index is 1.80. The molecule has 1 fully saturated rings. The molecule has 2 aromatic heterocycles. The maximum absolute atomic E-state index is 5.62. The summed E-state index contributed by atoms with van der Waals surface area (Å²) in [6.07, 6.45) is 6.57. The number of ether oxygens (including phenoxy) is 1. The van der Waals surface area contributed by atoms with Crippen molar-refractivity contribution in [2.24, 2.45) is 0 Å². The Bertz CT molecular complexity index is 683. The van der Waals surface area contributed by atoms with Gasteiger partial charge in [-0.1, -0.05) is 0 Å². The van der Waals surface area contributed by atoms with Crippen molar-refractivity contribution in [2.75, 3.05) is 44.3 Å². The van der Waals surface area contributed by atoms with E-state index in [1.54, 1.807) is 12.4 Å². The lowest BCUT2D eigenvalue weighted by Crippen LogP contribution is -2.29. The van der Waals surface area contributed by atoms with E-state index in [0.717, 1.165) is 75.9 Å². The molecule has 0 atom stereocenters. The van der Waals surface area contributed by atoms with Crippen LogP contribution in [0, 0.1) is 0 Å². The average molecular weight is 325 g/mol. The summed E-state index contributed by atoms with van der Waals surface area (Å²) in [5.41, 5.74) is 3.51. The van der Waals surface area contributed by atoms with Gasteiger partial charge in [0.25, 0.3) is 0 Å². The summed E-state index contributed by atoms with van der Waals surface area (Å²) in [6.45, 7) is 5.45. The number of nitrogens with zero attached hydrogens (tertiary/aromatic N) is 4. The molecule has 24 heavy (non-hydrogen) atoms. The van der Waals surface area contributed by atoms with E-state index in [4.69, 9.17) is 14.7 Å². The number of fused-ring (bicyclic) bond motifs is 1. The van der Waals surface area contributed by atoms with Crippen LogP contribution >= 0.6 is 0 Å². The predicted octanol–water partition coefficient (Wildman–Crippen LogP) is 1.45. The number of anilines is 1. The molecular formula is C18H23N5O. The monoisotopic (exact) mass is 325 g/mol. The first kappa shape index (κ1) is 15.5. The van der Waals surface area contributed by atoms with Crippen LogP contribution in [0.4, 0.5) is 5.82 Å². The fourth-order valence-electron chi connectivity index (χ4n) is 3.37. The van der Waals surface area contributed by atoms with Crippen LogP contribution in [-0.2, 0) is 17.6 Å². The number of hydrogen-bond acceptors (Lipinski definition) is 6. The van der Waals surface area contributed by atoms with E-state index in [0.29, 0.717) is 0 Å². The minimum absolute atomic E-state index is 0.765. The van der Waals surface area contributed by atoms with Crippen molar-refractivity contribution in [1.29, 1.82) is 0 Å². The van der Waals surface area contributed by atoms with Gasteiger partial charge in [-0.2, -0.15) is 0 Å². The second kappa shape index (κ2) is 7.23. The first-order chi connectivity index (χ1) is 11.9. The molecule has 0 aromatic carbocycles. The van der Waals surface area contributed by atoms with Gasteiger partial charge in [0.05, 0.1) is 12.3 Å². The summed E-state index contributed by atoms with van der Waals surface area (Å²) in [4.78, 5) is 16.3. The van der Waals surface area contributed by atoms with E-state index in [1.807, 2.05) is 12.1 Å². The van der Waals surface area contributed by atoms with Crippen LogP contribution < -0.4 is 10.2 Å². The van der Waals surface area contributed by atoms with Gasteiger partial charge in [0.15, 0.2) is 5.82 Å². The fourth-order valence-corrected chi connectivity index (χ4v) is 3.37. The highest BCUT2D eigenvalue weighted by Gasteiger charge is 2.22. The minimum Gasteiger partial charge on any atom is -0.380 e. The molecular weight excluding hydrogens is 302 g/mol. The SMILES string of the molecule is c1cc(-c2nc3c(c(N4CCCOCC4)n2)CCNCC3)ccn1. The Morgan fingerprint density at radius 2 is 1.88 bits per heavy atom. The number of rotatable bonds is 2. The minimum atomic E-state index is 0.765. The summed E-state index contributed by atoms with van der Waals surface area (Å²) in [7, 11) is 0. The number of aromatic nitrogens is 3. The molecule has 2 aliphatic rings. The van der Waals surface area contributed by atoms with Crippen molar-refractivity contribution in [1.82, 2.24) is 20.3 Å². The van der Waals surface area contributed by atoms with Crippen molar-refractivity contribution in [3.8, 4) is 11.4 Å². The first-order valence-electron chi connectivity index (χ1n) is 8.75. The van der Waals surface area contributed by atoms with E-state index in [1.165, 1.54) is 11.3 Å². The molecule has 0 radical (unpaired) electrons. The van der Waals surface area contributed by atoms with Crippen LogP contribution in [0.2, 0.25) is 0 Å². The average Bonchev–Trinajstić information content (AvgIpc) is 3.04. The molecule has 0 amide bonds. The Kier molecular flexibility index (Phi) is 4.66. The number of hydrogen-bond donors (Lipinski definition) is 1. The Morgan fingerprint density at radius 1 is 1.00 bits per heavy atom. The third-order valence-corrected chi connectivity index (χ3v) is 4.62. The molecule has 6 heteroatoms. The molecule has 2 aromatic rings. The van der Waals surface area contributed by atoms with Gasteiger partial charge in [-0.3, -0.25) is 4.98 Å². The van der Waals surface area contributed by atoms with Gasteiger partial charge >= 0.3 is 0 Å². The second-order valence-corrected chi connectivity index (χ2v) is 6.23. The maximum atomic E-state index is 5.62. The fraction of sp³-hybridized carbons (Fsp3) is 0.500. The van der Waals surface area contributed by atoms with Gasteiger partial charge in [0, 0.05) is 56.2 Å². The summed E-state index contributed by atoms with van der Waals surface area (Å²) in [6, 6.07) is 3.96. The van der Waals surface area contributed by atoms with Crippen molar-refractivity contribution in [3.05, 3.63) is 35.8 Å². The van der Waals surface area contributed by atoms with Crippen LogP contribution in [0.3, 0.4) is 0 Å². The van der Waals surface area contributed by atoms with E-state index >= 15 is 0 Å². The van der Waals surface area contributed by atoms with Crippen molar-refractivity contribution in [2.45, 2.75) is 19.3 Å². The summed E-state index contributed by atoms with van der Waals surface area (Å²) < 4.78 is 5.62. The third kappa shape index (κ3) is 3.25. The molecule has 0 spiro atoms. The summed E-state index contributed by atoms with van der Waals surface area (Å²) in [5, 5.41) is 3.47. The first-order valence-corrected chi connectivity index (χ1v) is 8.75. The highest BCUT2D eigenvalue weighted by Crippen LogP contribution is 2.27. The van der Waals surface area contributed by atoms with E-state index in [9.17, 15) is 0 Å². The summed E-state index contributed by atoms with van der Waals surface area (Å²) >= 11 is 0. The lowest BCUT2D eigenvalue weighted by atomic mass is 10.1. The van der Waals surface area contributed by atoms with Gasteiger partial charge in [0.2, 0.25) is 0 Å². The molecule has 4 heterocycles. The second-order valence-electron chi connectivity index (χ2n) is 6.23. The predicted molar refractivity (Wildman–Crippen MR) is 93.2 cm³/mol. The zero-order valence-electron chi connectivity index (χ0n) is 13.9. The third-order valence-electron chi connectivity index (χ3n) is 4.62.